The van der Waals surface area contributed by atoms with Crippen LogP contribution in [0.4, 0.5) is 5.69 Å². The molecule has 1 aromatic rings. The summed E-state index contributed by atoms with van der Waals surface area (Å²) in [5.41, 5.74) is 3.56. The van der Waals surface area contributed by atoms with Gasteiger partial charge in [0.1, 0.15) is 0 Å². The van der Waals surface area contributed by atoms with Gasteiger partial charge in [0.2, 0.25) is 0 Å². The van der Waals surface area contributed by atoms with Crippen molar-refractivity contribution in [2.24, 2.45) is 11.8 Å². The first-order valence-electron chi connectivity index (χ1n) is 5.42. The van der Waals surface area contributed by atoms with Gasteiger partial charge < -0.3 is 10.7 Å². The van der Waals surface area contributed by atoms with Crippen molar-refractivity contribution in [1.29, 1.82) is 0 Å². The average Bonchev–Trinajstić information content (AvgIpc) is 2.27. The van der Waals surface area contributed by atoms with Gasteiger partial charge in [-0.2, -0.15) is 0 Å². The van der Waals surface area contributed by atoms with Crippen LogP contribution in [0.1, 0.15) is 30.1 Å². The van der Waals surface area contributed by atoms with E-state index in [9.17, 15) is 4.79 Å². The van der Waals surface area contributed by atoms with Crippen molar-refractivity contribution in [1.82, 2.24) is 10.3 Å². The fourth-order valence-corrected chi connectivity index (χ4v) is 1.99. The van der Waals surface area contributed by atoms with E-state index in [1.165, 1.54) is 6.20 Å². The SMILES string of the molecule is CC1CC(NC(=O)c2ccncc2NN)C1. The van der Waals surface area contributed by atoms with E-state index in [1.54, 1.807) is 12.3 Å². The molecule has 1 aromatic heterocycles. The maximum absolute atomic E-state index is 11.9. The molecule has 0 aromatic carbocycles. The van der Waals surface area contributed by atoms with Crippen molar-refractivity contribution in [2.45, 2.75) is 25.8 Å². The predicted octanol–water partition coefficient (Wildman–Crippen LogP) is 0.895. The van der Waals surface area contributed by atoms with E-state index < -0.39 is 0 Å². The first kappa shape index (κ1) is 10.9. The number of pyridine rings is 1. The summed E-state index contributed by atoms with van der Waals surface area (Å²) in [5.74, 6) is 5.94. The lowest BCUT2D eigenvalue weighted by molar-refractivity contribution is 0.0897. The Bertz CT molecular complexity index is 387. The molecule has 0 radical (unpaired) electrons. The first-order valence-corrected chi connectivity index (χ1v) is 5.42. The molecule has 2 rings (SSSR count). The molecule has 0 bridgehead atoms. The fourth-order valence-electron chi connectivity index (χ4n) is 1.99. The third-order valence-corrected chi connectivity index (χ3v) is 2.93. The van der Waals surface area contributed by atoms with Gasteiger partial charge in [-0.05, 0) is 24.8 Å². The molecule has 5 nitrogen and oxygen atoms in total. The molecule has 16 heavy (non-hydrogen) atoms. The highest BCUT2D eigenvalue weighted by atomic mass is 16.1. The molecule has 0 spiro atoms. The molecule has 86 valence electrons. The van der Waals surface area contributed by atoms with Gasteiger partial charge in [0.15, 0.2) is 0 Å². The van der Waals surface area contributed by atoms with Crippen molar-refractivity contribution < 1.29 is 4.79 Å². The number of hydrogen-bond acceptors (Lipinski definition) is 4. The summed E-state index contributed by atoms with van der Waals surface area (Å²) >= 11 is 0. The van der Waals surface area contributed by atoms with Crippen LogP contribution in [-0.4, -0.2) is 16.9 Å². The van der Waals surface area contributed by atoms with E-state index in [2.05, 4.69) is 22.7 Å². The Labute approximate surface area is 94.4 Å². The van der Waals surface area contributed by atoms with Gasteiger partial charge in [-0.15, -0.1) is 0 Å². The van der Waals surface area contributed by atoms with Gasteiger partial charge in [0.25, 0.3) is 5.91 Å². The molecule has 1 aliphatic carbocycles. The van der Waals surface area contributed by atoms with E-state index in [4.69, 9.17) is 5.84 Å². The van der Waals surface area contributed by atoms with Gasteiger partial charge in [-0.1, -0.05) is 6.92 Å². The Kier molecular flexibility index (Phi) is 3.05. The third kappa shape index (κ3) is 2.14. The topological polar surface area (TPSA) is 80.0 Å². The standard InChI is InChI=1S/C11H16N4O/c1-7-4-8(5-7)14-11(16)9-2-3-13-6-10(9)15-12/h2-3,6-8,15H,4-5,12H2,1H3,(H,14,16). The lowest BCUT2D eigenvalue weighted by Gasteiger charge is -2.33. The Hall–Kier alpha value is -1.62. The summed E-state index contributed by atoms with van der Waals surface area (Å²) in [4.78, 5) is 15.8. The summed E-state index contributed by atoms with van der Waals surface area (Å²) in [5, 5.41) is 2.98. The van der Waals surface area contributed by atoms with Crippen LogP contribution < -0.4 is 16.6 Å². The quantitative estimate of drug-likeness (QED) is 0.522. The van der Waals surface area contributed by atoms with E-state index in [0.717, 1.165) is 18.8 Å². The van der Waals surface area contributed by atoms with Gasteiger partial charge in [0, 0.05) is 12.2 Å². The number of nitrogens with two attached hydrogens (primary N) is 1. The normalized spacial score (nSPS) is 23.4. The van der Waals surface area contributed by atoms with Crippen LogP contribution in [0.15, 0.2) is 18.5 Å². The van der Waals surface area contributed by atoms with Crippen molar-refractivity contribution in [3.8, 4) is 0 Å². The van der Waals surface area contributed by atoms with Gasteiger partial charge in [-0.25, -0.2) is 0 Å². The maximum Gasteiger partial charge on any atom is 0.253 e. The summed E-state index contributed by atoms with van der Waals surface area (Å²) < 4.78 is 0. The van der Waals surface area contributed by atoms with Crippen molar-refractivity contribution in [2.75, 3.05) is 5.43 Å². The van der Waals surface area contributed by atoms with Gasteiger partial charge in [0.05, 0.1) is 17.4 Å². The Balaban J connectivity index is 2.03. The molecular weight excluding hydrogens is 204 g/mol. The van der Waals surface area contributed by atoms with Crippen molar-refractivity contribution in [3.05, 3.63) is 24.0 Å². The van der Waals surface area contributed by atoms with E-state index in [1.807, 2.05) is 0 Å². The minimum atomic E-state index is -0.0905. The summed E-state index contributed by atoms with van der Waals surface area (Å²) in [7, 11) is 0. The van der Waals surface area contributed by atoms with Crippen molar-refractivity contribution in [3.63, 3.8) is 0 Å². The number of rotatable bonds is 3. The predicted molar refractivity (Wildman–Crippen MR) is 61.7 cm³/mol. The number of nitrogens with one attached hydrogen (secondary N) is 2. The molecule has 4 N–H and O–H groups in total. The van der Waals surface area contributed by atoms with Crippen LogP contribution in [0.25, 0.3) is 0 Å². The second-order valence-corrected chi connectivity index (χ2v) is 4.31. The summed E-state index contributed by atoms with van der Waals surface area (Å²) in [6.45, 7) is 2.18. The van der Waals surface area contributed by atoms with Crippen LogP contribution in [-0.2, 0) is 0 Å². The number of anilines is 1. The zero-order valence-electron chi connectivity index (χ0n) is 9.23. The molecule has 1 amide bonds. The summed E-state index contributed by atoms with van der Waals surface area (Å²) in [6.07, 6.45) is 5.24. The number of nitrogens with zero attached hydrogens (tertiary/aromatic N) is 1. The minimum Gasteiger partial charge on any atom is -0.349 e. The highest BCUT2D eigenvalue weighted by Crippen LogP contribution is 2.26. The molecule has 0 atom stereocenters. The first-order chi connectivity index (χ1) is 7.70. The van der Waals surface area contributed by atoms with Crippen LogP contribution >= 0.6 is 0 Å². The number of carbonyl (C=O) groups excluding carboxylic acids is 1. The average molecular weight is 220 g/mol. The molecule has 1 aliphatic rings. The molecule has 0 unspecified atom stereocenters. The monoisotopic (exact) mass is 220 g/mol. The highest BCUT2D eigenvalue weighted by molar-refractivity contribution is 5.99. The Morgan fingerprint density at radius 2 is 2.31 bits per heavy atom. The smallest absolute Gasteiger partial charge is 0.253 e. The van der Waals surface area contributed by atoms with Gasteiger partial charge in [-0.3, -0.25) is 15.6 Å². The highest BCUT2D eigenvalue weighted by Gasteiger charge is 2.27. The zero-order chi connectivity index (χ0) is 11.5. The maximum atomic E-state index is 11.9. The number of aromatic nitrogens is 1. The van der Waals surface area contributed by atoms with Crippen LogP contribution in [0.3, 0.4) is 0 Å². The fraction of sp³-hybridized carbons (Fsp3) is 0.455. The van der Waals surface area contributed by atoms with Crippen LogP contribution in [0.5, 0.6) is 0 Å². The largest absolute Gasteiger partial charge is 0.349 e. The molecule has 5 heteroatoms. The Morgan fingerprint density at radius 3 is 2.94 bits per heavy atom. The molecule has 0 saturated heterocycles. The van der Waals surface area contributed by atoms with E-state index in [0.29, 0.717) is 17.3 Å². The second kappa shape index (κ2) is 4.49. The molecule has 0 aliphatic heterocycles. The van der Waals surface area contributed by atoms with Gasteiger partial charge >= 0.3 is 0 Å². The minimum absolute atomic E-state index is 0.0905. The molecule has 1 fully saturated rings. The molecule has 1 heterocycles. The molecular formula is C11H16N4O. The third-order valence-electron chi connectivity index (χ3n) is 2.93. The Morgan fingerprint density at radius 1 is 1.56 bits per heavy atom. The zero-order valence-corrected chi connectivity index (χ0v) is 9.23. The number of nitrogen functional groups attached to an aromatic ring is 1. The van der Waals surface area contributed by atoms with Crippen LogP contribution in [0, 0.1) is 5.92 Å². The summed E-state index contributed by atoms with van der Waals surface area (Å²) in [6, 6.07) is 1.97. The molecule has 1 saturated carbocycles. The van der Waals surface area contributed by atoms with Crippen molar-refractivity contribution >= 4 is 11.6 Å². The number of hydrogen-bond donors (Lipinski definition) is 3. The number of carbonyl (C=O) groups is 1. The second-order valence-electron chi connectivity index (χ2n) is 4.31. The van der Waals surface area contributed by atoms with E-state index in [-0.39, 0.29) is 5.91 Å². The number of hydrazine groups is 1. The number of amides is 1. The van der Waals surface area contributed by atoms with E-state index >= 15 is 0 Å². The lowest BCUT2D eigenvalue weighted by Crippen LogP contribution is -2.43. The van der Waals surface area contributed by atoms with Crippen LogP contribution in [0.2, 0.25) is 0 Å². The lowest BCUT2D eigenvalue weighted by atomic mass is 9.82.